The molecule has 0 saturated carbocycles. The number of aliphatic imine (C=N–C) groups is 1. The predicted molar refractivity (Wildman–Crippen MR) is 126 cm³/mol. The van der Waals surface area contributed by atoms with Crippen molar-refractivity contribution in [3.05, 3.63) is 35.9 Å². The van der Waals surface area contributed by atoms with Crippen molar-refractivity contribution < 1.29 is 8.42 Å². The predicted octanol–water partition coefficient (Wildman–Crippen LogP) is 2.50. The van der Waals surface area contributed by atoms with E-state index in [-0.39, 0.29) is 35.8 Å². The first-order chi connectivity index (χ1) is 12.3. The highest BCUT2D eigenvalue weighted by Crippen LogP contribution is 2.03. The van der Waals surface area contributed by atoms with Gasteiger partial charge in [-0.3, -0.25) is 4.99 Å². The maximum Gasteiger partial charge on any atom is 0.191 e. The maximum absolute atomic E-state index is 11.3. The lowest BCUT2D eigenvalue weighted by Crippen LogP contribution is -2.43. The Kier molecular flexibility index (Phi) is 13.7. The summed E-state index contributed by atoms with van der Waals surface area (Å²) in [5.41, 5.74) is 1.31. The van der Waals surface area contributed by atoms with Crippen LogP contribution >= 0.6 is 24.0 Å². The van der Waals surface area contributed by atoms with Crippen LogP contribution < -0.4 is 10.6 Å². The van der Waals surface area contributed by atoms with Gasteiger partial charge < -0.3 is 15.5 Å². The molecule has 0 heterocycles. The van der Waals surface area contributed by atoms with Gasteiger partial charge in [0.05, 0.1) is 5.75 Å². The summed E-state index contributed by atoms with van der Waals surface area (Å²) in [4.78, 5) is 6.89. The first-order valence-electron chi connectivity index (χ1n) is 9.25. The monoisotopic (exact) mass is 510 g/mol. The average molecular weight is 510 g/mol. The fourth-order valence-electron chi connectivity index (χ4n) is 2.52. The number of guanidine groups is 1. The van der Waals surface area contributed by atoms with Crippen molar-refractivity contribution >= 4 is 39.8 Å². The molecule has 8 heteroatoms. The molecule has 0 bridgehead atoms. The van der Waals surface area contributed by atoms with Gasteiger partial charge in [0, 0.05) is 31.9 Å². The normalized spacial score (nSPS) is 13.1. The van der Waals surface area contributed by atoms with Crippen molar-refractivity contribution in [3.8, 4) is 0 Å². The fraction of sp³-hybridized carbons (Fsp3) is 0.632. The van der Waals surface area contributed by atoms with E-state index in [0.717, 1.165) is 38.6 Å². The quantitative estimate of drug-likeness (QED) is 0.207. The summed E-state index contributed by atoms with van der Waals surface area (Å²) in [5, 5.41) is 6.49. The summed E-state index contributed by atoms with van der Waals surface area (Å²) < 4.78 is 22.5. The summed E-state index contributed by atoms with van der Waals surface area (Å²) >= 11 is 0. The van der Waals surface area contributed by atoms with Gasteiger partial charge in [-0.25, -0.2) is 8.42 Å². The molecule has 1 rings (SSSR count). The molecular weight excluding hydrogens is 475 g/mol. The van der Waals surface area contributed by atoms with E-state index in [9.17, 15) is 8.42 Å². The SMILES string of the molecule is CCNC(=NCCCN(C)Cc1ccccc1)NC(C)CCS(C)(=O)=O.I. The molecule has 0 spiro atoms. The molecule has 0 aromatic heterocycles. The third-order valence-electron chi connectivity index (χ3n) is 3.91. The number of hydrogen-bond donors (Lipinski definition) is 2. The molecule has 1 aromatic carbocycles. The smallest absolute Gasteiger partial charge is 0.191 e. The maximum atomic E-state index is 11.3. The molecular formula is C19H35IN4O2S. The lowest BCUT2D eigenvalue weighted by Gasteiger charge is -2.18. The first kappa shape index (κ1) is 26.1. The number of halogens is 1. The zero-order valence-corrected chi connectivity index (χ0v) is 20.1. The Morgan fingerprint density at radius 1 is 1.26 bits per heavy atom. The molecule has 0 radical (unpaired) electrons. The van der Waals surface area contributed by atoms with E-state index >= 15 is 0 Å². The van der Waals surface area contributed by atoms with Gasteiger partial charge in [0.25, 0.3) is 0 Å². The van der Waals surface area contributed by atoms with Crippen LogP contribution in [0, 0.1) is 0 Å². The van der Waals surface area contributed by atoms with E-state index in [1.54, 1.807) is 0 Å². The van der Waals surface area contributed by atoms with Crippen molar-refractivity contribution in [2.75, 3.05) is 38.7 Å². The van der Waals surface area contributed by atoms with Crippen LogP contribution in [0.2, 0.25) is 0 Å². The highest BCUT2D eigenvalue weighted by molar-refractivity contribution is 14.0. The van der Waals surface area contributed by atoms with Crippen molar-refractivity contribution in [1.82, 2.24) is 15.5 Å². The summed E-state index contributed by atoms with van der Waals surface area (Å²) in [6.45, 7) is 7.41. The van der Waals surface area contributed by atoms with Crippen molar-refractivity contribution in [3.63, 3.8) is 0 Å². The van der Waals surface area contributed by atoms with Crippen molar-refractivity contribution in [1.29, 1.82) is 0 Å². The van der Waals surface area contributed by atoms with Crippen LogP contribution in [0.25, 0.3) is 0 Å². The van der Waals surface area contributed by atoms with E-state index in [0.29, 0.717) is 6.42 Å². The zero-order valence-electron chi connectivity index (χ0n) is 16.9. The van der Waals surface area contributed by atoms with Gasteiger partial charge >= 0.3 is 0 Å². The van der Waals surface area contributed by atoms with Gasteiger partial charge in [-0.1, -0.05) is 30.3 Å². The van der Waals surface area contributed by atoms with Gasteiger partial charge in [0.2, 0.25) is 0 Å². The molecule has 1 unspecified atom stereocenters. The first-order valence-corrected chi connectivity index (χ1v) is 11.3. The van der Waals surface area contributed by atoms with Crippen molar-refractivity contribution in [2.45, 2.75) is 39.3 Å². The summed E-state index contributed by atoms with van der Waals surface area (Å²) in [5.74, 6) is 0.935. The number of nitrogens with one attached hydrogen (secondary N) is 2. The van der Waals surface area contributed by atoms with Crippen LogP contribution in [0.3, 0.4) is 0 Å². The molecule has 1 aromatic rings. The van der Waals surface area contributed by atoms with E-state index in [2.05, 4.69) is 51.8 Å². The van der Waals surface area contributed by atoms with Crippen LogP contribution in [0.5, 0.6) is 0 Å². The molecule has 156 valence electrons. The van der Waals surface area contributed by atoms with Gasteiger partial charge in [0.1, 0.15) is 9.84 Å². The standard InChI is InChI=1S/C19H34N4O2S.HI/c1-5-20-19(22-17(2)12-15-26(4,24)25)21-13-9-14-23(3)16-18-10-7-6-8-11-18;/h6-8,10-11,17H,5,9,12-16H2,1-4H3,(H2,20,21,22);1H. The van der Waals surface area contributed by atoms with Crippen LogP contribution in [0.15, 0.2) is 35.3 Å². The molecule has 27 heavy (non-hydrogen) atoms. The highest BCUT2D eigenvalue weighted by atomic mass is 127. The van der Waals surface area contributed by atoms with Crippen LogP contribution in [-0.4, -0.2) is 64.0 Å². The summed E-state index contributed by atoms with van der Waals surface area (Å²) in [6.07, 6.45) is 2.81. The zero-order chi connectivity index (χ0) is 19.4. The van der Waals surface area contributed by atoms with E-state index in [1.807, 2.05) is 19.9 Å². The molecule has 1 atom stereocenters. The lowest BCUT2D eigenvalue weighted by atomic mass is 10.2. The molecule has 0 saturated heterocycles. The number of sulfone groups is 1. The second kappa shape index (κ2) is 14.2. The minimum absolute atomic E-state index is 0. The molecule has 0 aliphatic heterocycles. The Morgan fingerprint density at radius 3 is 2.52 bits per heavy atom. The van der Waals surface area contributed by atoms with Crippen LogP contribution in [0.4, 0.5) is 0 Å². The Hall–Kier alpha value is -0.870. The molecule has 0 fully saturated rings. The molecule has 0 aliphatic carbocycles. The topological polar surface area (TPSA) is 73.8 Å². The van der Waals surface area contributed by atoms with Gasteiger partial charge in [-0.15, -0.1) is 24.0 Å². The van der Waals surface area contributed by atoms with Gasteiger partial charge in [-0.05, 0) is 45.8 Å². The fourth-order valence-corrected chi connectivity index (χ4v) is 3.30. The van der Waals surface area contributed by atoms with E-state index in [1.165, 1.54) is 11.8 Å². The van der Waals surface area contributed by atoms with Gasteiger partial charge in [0.15, 0.2) is 5.96 Å². The third-order valence-corrected chi connectivity index (χ3v) is 4.89. The van der Waals surface area contributed by atoms with Gasteiger partial charge in [-0.2, -0.15) is 0 Å². The largest absolute Gasteiger partial charge is 0.357 e. The van der Waals surface area contributed by atoms with Crippen molar-refractivity contribution in [2.24, 2.45) is 4.99 Å². The summed E-state index contributed by atoms with van der Waals surface area (Å²) in [7, 11) is -0.811. The second-order valence-corrected chi connectivity index (χ2v) is 9.06. The van der Waals surface area contributed by atoms with Crippen LogP contribution in [-0.2, 0) is 16.4 Å². The number of rotatable bonds is 11. The number of benzene rings is 1. The number of hydrogen-bond acceptors (Lipinski definition) is 4. The Labute approximate surface area is 182 Å². The molecule has 2 N–H and O–H groups in total. The second-order valence-electron chi connectivity index (χ2n) is 6.80. The molecule has 0 amide bonds. The lowest BCUT2D eigenvalue weighted by molar-refractivity contribution is 0.324. The summed E-state index contributed by atoms with van der Waals surface area (Å²) in [6, 6.07) is 10.5. The average Bonchev–Trinajstić information content (AvgIpc) is 2.57. The Balaban J connectivity index is 0.00000676. The number of nitrogens with zero attached hydrogens (tertiary/aromatic N) is 2. The Bertz CT molecular complexity index is 638. The van der Waals surface area contributed by atoms with E-state index < -0.39 is 9.84 Å². The van der Waals surface area contributed by atoms with Crippen LogP contribution in [0.1, 0.15) is 32.3 Å². The minimum Gasteiger partial charge on any atom is -0.357 e. The minimum atomic E-state index is -2.93. The molecule has 0 aliphatic rings. The Morgan fingerprint density at radius 2 is 1.93 bits per heavy atom. The molecule has 6 nitrogen and oxygen atoms in total. The highest BCUT2D eigenvalue weighted by Gasteiger charge is 2.09. The third kappa shape index (κ3) is 13.9. The van der Waals surface area contributed by atoms with E-state index in [4.69, 9.17) is 0 Å².